The van der Waals surface area contributed by atoms with Crippen molar-refractivity contribution in [3.05, 3.63) is 18.2 Å². The summed E-state index contributed by atoms with van der Waals surface area (Å²) in [5.41, 5.74) is 0.955. The highest BCUT2D eigenvalue weighted by Gasteiger charge is 2.16. The molecule has 0 spiro atoms. The number of likely N-dealkylation sites (tertiary alicyclic amines) is 1. The molecule has 5 heteroatoms. The largest absolute Gasteiger partial charge is 0.486 e. The van der Waals surface area contributed by atoms with Crippen molar-refractivity contribution in [2.75, 3.05) is 31.6 Å². The number of nitrogens with one attached hydrogen (secondary N) is 1. The Bertz CT molecular complexity index is 458. The molecule has 0 amide bonds. The molecule has 1 N–H and O–H groups in total. The standard InChI is InChI=1S/C13H16N2O2S/c18-13(15-5-1-2-6-15)14-10-3-4-11-12(9-10)17-8-7-16-11/h3-4,9H,1-2,5-8H2,(H,14,18). The van der Waals surface area contributed by atoms with Gasteiger partial charge in [-0.3, -0.25) is 0 Å². The maximum atomic E-state index is 5.55. The molecule has 0 aromatic heterocycles. The lowest BCUT2D eigenvalue weighted by Crippen LogP contribution is -2.31. The van der Waals surface area contributed by atoms with E-state index in [0.29, 0.717) is 13.2 Å². The van der Waals surface area contributed by atoms with Crippen LogP contribution in [0.3, 0.4) is 0 Å². The van der Waals surface area contributed by atoms with E-state index in [0.717, 1.165) is 35.4 Å². The Balaban J connectivity index is 1.70. The van der Waals surface area contributed by atoms with E-state index in [2.05, 4.69) is 10.2 Å². The zero-order valence-electron chi connectivity index (χ0n) is 10.1. The summed E-state index contributed by atoms with van der Waals surface area (Å²) in [4.78, 5) is 2.20. The van der Waals surface area contributed by atoms with Crippen LogP contribution in [0.5, 0.6) is 11.5 Å². The van der Waals surface area contributed by atoms with Crippen molar-refractivity contribution in [2.45, 2.75) is 12.8 Å². The molecule has 0 saturated carbocycles. The van der Waals surface area contributed by atoms with Gasteiger partial charge in [-0.1, -0.05) is 0 Å². The molecule has 1 saturated heterocycles. The lowest BCUT2D eigenvalue weighted by atomic mass is 10.2. The molecule has 1 fully saturated rings. The molecule has 0 radical (unpaired) electrons. The minimum atomic E-state index is 0.604. The van der Waals surface area contributed by atoms with Crippen LogP contribution in [0.15, 0.2) is 18.2 Å². The molecule has 2 heterocycles. The van der Waals surface area contributed by atoms with E-state index in [4.69, 9.17) is 21.7 Å². The summed E-state index contributed by atoms with van der Waals surface area (Å²) in [7, 11) is 0. The van der Waals surface area contributed by atoms with Gasteiger partial charge in [-0.2, -0.15) is 0 Å². The van der Waals surface area contributed by atoms with E-state index in [9.17, 15) is 0 Å². The van der Waals surface area contributed by atoms with Gasteiger partial charge in [0.05, 0.1) is 0 Å². The smallest absolute Gasteiger partial charge is 0.173 e. The molecular weight excluding hydrogens is 248 g/mol. The highest BCUT2D eigenvalue weighted by molar-refractivity contribution is 7.80. The minimum absolute atomic E-state index is 0.604. The lowest BCUT2D eigenvalue weighted by molar-refractivity contribution is 0.171. The maximum Gasteiger partial charge on any atom is 0.173 e. The zero-order chi connectivity index (χ0) is 12.4. The van der Waals surface area contributed by atoms with Gasteiger partial charge in [0.2, 0.25) is 0 Å². The molecule has 0 unspecified atom stereocenters. The fraction of sp³-hybridized carbons (Fsp3) is 0.462. The van der Waals surface area contributed by atoms with E-state index in [1.165, 1.54) is 12.8 Å². The summed E-state index contributed by atoms with van der Waals surface area (Å²) in [6, 6.07) is 5.83. The summed E-state index contributed by atoms with van der Waals surface area (Å²) < 4.78 is 11.0. The molecule has 4 nitrogen and oxygen atoms in total. The summed E-state index contributed by atoms with van der Waals surface area (Å²) in [6.45, 7) is 3.33. The van der Waals surface area contributed by atoms with E-state index in [-0.39, 0.29) is 0 Å². The Hall–Kier alpha value is -1.49. The predicted octanol–water partition coefficient (Wildman–Crippen LogP) is 2.25. The van der Waals surface area contributed by atoms with Crippen LogP contribution in [0.2, 0.25) is 0 Å². The summed E-state index contributed by atoms with van der Waals surface area (Å²) >= 11 is 5.39. The second kappa shape index (κ2) is 5.02. The second-order valence-electron chi connectivity index (χ2n) is 4.48. The van der Waals surface area contributed by atoms with E-state index in [1.807, 2.05) is 18.2 Å². The predicted molar refractivity (Wildman–Crippen MR) is 74.5 cm³/mol. The first-order valence-corrected chi connectivity index (χ1v) is 6.69. The van der Waals surface area contributed by atoms with Crippen LogP contribution in [-0.2, 0) is 0 Å². The van der Waals surface area contributed by atoms with Crippen LogP contribution in [-0.4, -0.2) is 36.3 Å². The fourth-order valence-electron chi connectivity index (χ4n) is 2.24. The molecule has 0 bridgehead atoms. The van der Waals surface area contributed by atoms with Crippen molar-refractivity contribution < 1.29 is 9.47 Å². The van der Waals surface area contributed by atoms with Crippen molar-refractivity contribution in [2.24, 2.45) is 0 Å². The summed E-state index contributed by atoms with van der Waals surface area (Å²) in [6.07, 6.45) is 2.45. The van der Waals surface area contributed by atoms with E-state index >= 15 is 0 Å². The SMILES string of the molecule is S=C(Nc1ccc2c(c1)OCCO2)N1CCCC1. The molecule has 2 aliphatic heterocycles. The van der Waals surface area contributed by atoms with Crippen LogP contribution in [0.4, 0.5) is 5.69 Å². The number of hydrogen-bond donors (Lipinski definition) is 1. The number of hydrogen-bond acceptors (Lipinski definition) is 3. The highest BCUT2D eigenvalue weighted by Crippen LogP contribution is 2.32. The lowest BCUT2D eigenvalue weighted by Gasteiger charge is -2.22. The quantitative estimate of drug-likeness (QED) is 0.787. The third kappa shape index (κ3) is 2.36. The highest BCUT2D eigenvalue weighted by atomic mass is 32.1. The number of rotatable bonds is 1. The molecule has 1 aromatic rings. The van der Waals surface area contributed by atoms with E-state index < -0.39 is 0 Å². The first-order valence-electron chi connectivity index (χ1n) is 6.28. The average molecular weight is 264 g/mol. The summed E-state index contributed by atoms with van der Waals surface area (Å²) in [5.74, 6) is 1.59. The third-order valence-corrected chi connectivity index (χ3v) is 3.55. The van der Waals surface area contributed by atoms with Gasteiger partial charge in [-0.15, -0.1) is 0 Å². The van der Waals surface area contributed by atoms with Crippen LogP contribution in [0.25, 0.3) is 0 Å². The van der Waals surface area contributed by atoms with Crippen LogP contribution in [0.1, 0.15) is 12.8 Å². The van der Waals surface area contributed by atoms with Gasteiger partial charge >= 0.3 is 0 Å². The molecule has 2 aliphatic rings. The van der Waals surface area contributed by atoms with Gasteiger partial charge in [-0.25, -0.2) is 0 Å². The molecule has 18 heavy (non-hydrogen) atoms. The molecular formula is C13H16N2O2S. The van der Waals surface area contributed by atoms with Crippen molar-refractivity contribution in [3.8, 4) is 11.5 Å². The van der Waals surface area contributed by atoms with Crippen molar-refractivity contribution in [3.63, 3.8) is 0 Å². The first kappa shape index (κ1) is 11.6. The van der Waals surface area contributed by atoms with Crippen LogP contribution in [0, 0.1) is 0 Å². The van der Waals surface area contributed by atoms with Gasteiger partial charge in [0.25, 0.3) is 0 Å². The number of nitrogens with zero attached hydrogens (tertiary/aromatic N) is 1. The Kier molecular flexibility index (Phi) is 3.23. The maximum absolute atomic E-state index is 5.55. The number of fused-ring (bicyclic) bond motifs is 1. The van der Waals surface area contributed by atoms with Gasteiger partial charge in [0, 0.05) is 24.8 Å². The molecule has 0 aliphatic carbocycles. The normalized spacial score (nSPS) is 17.7. The topological polar surface area (TPSA) is 33.7 Å². The Morgan fingerprint density at radius 3 is 2.61 bits per heavy atom. The Morgan fingerprint density at radius 2 is 1.83 bits per heavy atom. The third-order valence-electron chi connectivity index (χ3n) is 3.19. The zero-order valence-corrected chi connectivity index (χ0v) is 11.0. The van der Waals surface area contributed by atoms with Gasteiger partial charge in [0.15, 0.2) is 16.6 Å². The molecule has 0 atom stereocenters. The fourth-order valence-corrected chi connectivity index (χ4v) is 2.54. The average Bonchev–Trinajstić information content (AvgIpc) is 2.92. The van der Waals surface area contributed by atoms with Crippen LogP contribution >= 0.6 is 12.2 Å². The van der Waals surface area contributed by atoms with Gasteiger partial charge in [0.1, 0.15) is 13.2 Å². The number of thiocarbonyl (C=S) groups is 1. The molecule has 1 aromatic carbocycles. The Labute approximate surface area is 112 Å². The monoisotopic (exact) mass is 264 g/mol. The van der Waals surface area contributed by atoms with Gasteiger partial charge < -0.3 is 19.7 Å². The van der Waals surface area contributed by atoms with Gasteiger partial charge in [-0.05, 0) is 37.2 Å². The minimum Gasteiger partial charge on any atom is -0.486 e. The number of anilines is 1. The van der Waals surface area contributed by atoms with E-state index in [1.54, 1.807) is 0 Å². The first-order chi connectivity index (χ1) is 8.83. The van der Waals surface area contributed by atoms with Crippen molar-refractivity contribution in [1.82, 2.24) is 4.90 Å². The molecule has 3 rings (SSSR count). The van der Waals surface area contributed by atoms with Crippen molar-refractivity contribution >= 4 is 23.0 Å². The Morgan fingerprint density at radius 1 is 1.11 bits per heavy atom. The molecule has 96 valence electrons. The van der Waals surface area contributed by atoms with Crippen molar-refractivity contribution in [1.29, 1.82) is 0 Å². The van der Waals surface area contributed by atoms with Crippen LogP contribution < -0.4 is 14.8 Å². The second-order valence-corrected chi connectivity index (χ2v) is 4.87. The summed E-state index contributed by atoms with van der Waals surface area (Å²) in [5, 5.41) is 4.05. The number of benzene rings is 1. The number of ether oxygens (including phenoxy) is 2.